The van der Waals surface area contributed by atoms with E-state index >= 15 is 0 Å². The average Bonchev–Trinajstić information content (AvgIpc) is 3.05. The van der Waals surface area contributed by atoms with Gasteiger partial charge in [0.1, 0.15) is 0 Å². The summed E-state index contributed by atoms with van der Waals surface area (Å²) in [6.45, 7) is 2.51. The van der Waals surface area contributed by atoms with Crippen molar-refractivity contribution in [1.82, 2.24) is 4.90 Å². The molecule has 0 unspecified atom stereocenters. The van der Waals surface area contributed by atoms with Gasteiger partial charge in [-0.25, -0.2) is 0 Å². The fourth-order valence-corrected chi connectivity index (χ4v) is 6.51. The van der Waals surface area contributed by atoms with Crippen LogP contribution in [-0.4, -0.2) is 16.7 Å². The first-order chi connectivity index (χ1) is 14.7. The fraction of sp³-hybridized carbons (Fsp3) is 0.259. The van der Waals surface area contributed by atoms with Crippen LogP contribution in [0.1, 0.15) is 47.1 Å². The number of carbonyl (C=O) groups is 2. The van der Waals surface area contributed by atoms with Crippen LogP contribution in [-0.2, 0) is 21.5 Å². The van der Waals surface area contributed by atoms with E-state index in [0.29, 0.717) is 6.54 Å². The van der Waals surface area contributed by atoms with E-state index in [1.54, 1.807) is 0 Å². The minimum Gasteiger partial charge on any atom is -0.278 e. The Balaban J connectivity index is 1.57. The van der Waals surface area contributed by atoms with Crippen molar-refractivity contribution in [3.05, 3.63) is 107 Å². The molecule has 30 heavy (non-hydrogen) atoms. The summed E-state index contributed by atoms with van der Waals surface area (Å²) in [6, 6.07) is 26.8. The van der Waals surface area contributed by atoms with Gasteiger partial charge in [0.05, 0.1) is 18.4 Å². The summed E-state index contributed by atoms with van der Waals surface area (Å²) in [5.41, 5.74) is 5.47. The average molecular weight is 393 g/mol. The molecular weight excluding hydrogens is 370 g/mol. The molecule has 0 N–H and O–H groups in total. The van der Waals surface area contributed by atoms with E-state index in [-0.39, 0.29) is 29.6 Å². The van der Waals surface area contributed by atoms with Gasteiger partial charge in [-0.05, 0) is 34.2 Å². The lowest BCUT2D eigenvalue weighted by Gasteiger charge is -2.54. The third-order valence-electron chi connectivity index (χ3n) is 7.63. The van der Waals surface area contributed by atoms with E-state index < -0.39 is 5.41 Å². The largest absolute Gasteiger partial charge is 0.278 e. The van der Waals surface area contributed by atoms with Crippen LogP contribution in [0.2, 0.25) is 0 Å². The van der Waals surface area contributed by atoms with E-state index in [1.165, 1.54) is 27.2 Å². The van der Waals surface area contributed by atoms with Gasteiger partial charge in [-0.1, -0.05) is 85.8 Å². The van der Waals surface area contributed by atoms with Gasteiger partial charge < -0.3 is 0 Å². The number of benzene rings is 3. The number of imide groups is 1. The van der Waals surface area contributed by atoms with Crippen LogP contribution in [0, 0.1) is 11.8 Å². The first-order valence-corrected chi connectivity index (χ1v) is 10.8. The molecule has 148 valence electrons. The standard InChI is InChI=1S/C27H23NO2/c1-2-27-20-14-8-6-12-18(20)22(19-13-7-9-15-21(19)27)23-24(27)26(30)28(25(23)29)16-17-10-4-3-5-11-17/h3-15,22-24H,2,16H2,1H3/t22?,23-,24+,27?/m0/s1. The molecule has 7 rings (SSSR count). The van der Waals surface area contributed by atoms with Crippen LogP contribution >= 0.6 is 0 Å². The van der Waals surface area contributed by atoms with Gasteiger partial charge in [0.2, 0.25) is 11.8 Å². The van der Waals surface area contributed by atoms with Crippen molar-refractivity contribution in [1.29, 1.82) is 0 Å². The molecule has 3 aromatic rings. The zero-order chi connectivity index (χ0) is 20.5. The maximum absolute atomic E-state index is 13.8. The van der Waals surface area contributed by atoms with Crippen molar-refractivity contribution >= 4 is 11.8 Å². The molecule has 4 aliphatic rings. The second-order valence-corrected chi connectivity index (χ2v) is 8.73. The maximum Gasteiger partial charge on any atom is 0.234 e. The summed E-state index contributed by atoms with van der Waals surface area (Å²) >= 11 is 0. The Bertz CT molecular complexity index is 1130. The molecule has 2 atom stereocenters. The van der Waals surface area contributed by atoms with E-state index in [1.807, 2.05) is 30.3 Å². The summed E-state index contributed by atoms with van der Waals surface area (Å²) in [5.74, 6) is -0.710. The van der Waals surface area contributed by atoms with E-state index in [4.69, 9.17) is 0 Å². The molecule has 2 bridgehead atoms. The Labute approximate surface area is 176 Å². The lowest BCUT2D eigenvalue weighted by atomic mass is 9.46. The maximum atomic E-state index is 13.8. The van der Waals surface area contributed by atoms with Crippen molar-refractivity contribution in [3.63, 3.8) is 0 Å². The number of hydrogen-bond donors (Lipinski definition) is 0. The van der Waals surface area contributed by atoms with Crippen LogP contribution in [0.25, 0.3) is 0 Å². The van der Waals surface area contributed by atoms with Crippen LogP contribution < -0.4 is 0 Å². The highest BCUT2D eigenvalue weighted by Gasteiger charge is 2.67. The van der Waals surface area contributed by atoms with Gasteiger partial charge >= 0.3 is 0 Å². The van der Waals surface area contributed by atoms with Gasteiger partial charge in [-0.3, -0.25) is 14.5 Å². The zero-order valence-corrected chi connectivity index (χ0v) is 16.9. The lowest BCUT2D eigenvalue weighted by Crippen LogP contribution is -2.53. The third kappa shape index (κ3) is 2.00. The number of likely N-dealkylation sites (tertiary alicyclic amines) is 1. The number of nitrogens with zero attached hydrogens (tertiary/aromatic N) is 1. The zero-order valence-electron chi connectivity index (χ0n) is 16.9. The lowest BCUT2D eigenvalue weighted by molar-refractivity contribution is -0.140. The molecule has 1 fully saturated rings. The summed E-state index contributed by atoms with van der Waals surface area (Å²) in [6.07, 6.45) is 0.799. The molecule has 0 saturated carbocycles. The normalized spacial score (nSPS) is 28.3. The van der Waals surface area contributed by atoms with Crippen molar-refractivity contribution < 1.29 is 9.59 Å². The Morgan fingerprint density at radius 3 is 1.93 bits per heavy atom. The number of amides is 2. The third-order valence-corrected chi connectivity index (χ3v) is 7.63. The van der Waals surface area contributed by atoms with Crippen molar-refractivity contribution in [3.8, 4) is 0 Å². The van der Waals surface area contributed by atoms with Crippen LogP contribution in [0.5, 0.6) is 0 Å². The van der Waals surface area contributed by atoms with Crippen LogP contribution in [0.3, 0.4) is 0 Å². The predicted molar refractivity (Wildman–Crippen MR) is 115 cm³/mol. The van der Waals surface area contributed by atoms with E-state index in [0.717, 1.165) is 12.0 Å². The van der Waals surface area contributed by atoms with Gasteiger partial charge in [-0.2, -0.15) is 0 Å². The highest BCUT2D eigenvalue weighted by molar-refractivity contribution is 6.08. The molecule has 3 aliphatic carbocycles. The second kappa shape index (κ2) is 6.15. The molecule has 3 aromatic carbocycles. The summed E-state index contributed by atoms with van der Waals surface area (Å²) in [5, 5.41) is 0. The Hall–Kier alpha value is -3.20. The Morgan fingerprint density at radius 1 is 0.767 bits per heavy atom. The number of rotatable bonds is 3. The summed E-state index contributed by atoms with van der Waals surface area (Å²) in [4.78, 5) is 29.1. The van der Waals surface area contributed by atoms with Gasteiger partial charge in [0, 0.05) is 11.3 Å². The SMILES string of the molecule is CCC12c3ccccc3C(c3ccccc31)[C@@H]1C(=O)N(Cc3ccccc3)C(=O)[C@@H]12. The quantitative estimate of drug-likeness (QED) is 0.608. The van der Waals surface area contributed by atoms with Crippen molar-refractivity contribution in [2.24, 2.45) is 11.8 Å². The summed E-state index contributed by atoms with van der Waals surface area (Å²) < 4.78 is 0. The molecule has 3 heteroatoms. The van der Waals surface area contributed by atoms with Gasteiger partial charge in [0.15, 0.2) is 0 Å². The highest BCUT2D eigenvalue weighted by atomic mass is 16.2. The minimum absolute atomic E-state index is 0.00953. The molecule has 2 amide bonds. The molecule has 1 aliphatic heterocycles. The minimum atomic E-state index is -0.440. The second-order valence-electron chi connectivity index (χ2n) is 8.73. The highest BCUT2D eigenvalue weighted by Crippen LogP contribution is 2.65. The molecule has 0 spiro atoms. The molecule has 1 heterocycles. The number of hydrogen-bond acceptors (Lipinski definition) is 2. The number of carbonyl (C=O) groups excluding carboxylic acids is 2. The van der Waals surface area contributed by atoms with Crippen molar-refractivity contribution in [2.75, 3.05) is 0 Å². The van der Waals surface area contributed by atoms with Crippen molar-refractivity contribution in [2.45, 2.75) is 31.2 Å². The monoisotopic (exact) mass is 393 g/mol. The molecule has 1 saturated heterocycles. The van der Waals surface area contributed by atoms with Crippen LogP contribution in [0.15, 0.2) is 78.9 Å². The van der Waals surface area contributed by atoms with Gasteiger partial charge in [0.25, 0.3) is 0 Å². The Morgan fingerprint density at radius 2 is 1.33 bits per heavy atom. The topological polar surface area (TPSA) is 37.4 Å². The van der Waals surface area contributed by atoms with Gasteiger partial charge in [-0.15, -0.1) is 0 Å². The first kappa shape index (κ1) is 17.6. The molecular formula is C27H23NO2. The van der Waals surface area contributed by atoms with Crippen LogP contribution in [0.4, 0.5) is 0 Å². The molecule has 3 nitrogen and oxygen atoms in total. The smallest absolute Gasteiger partial charge is 0.234 e. The molecule has 0 aromatic heterocycles. The fourth-order valence-electron chi connectivity index (χ4n) is 6.51. The molecule has 0 radical (unpaired) electrons. The predicted octanol–water partition coefficient (Wildman–Crippen LogP) is 4.64. The summed E-state index contributed by atoms with van der Waals surface area (Å²) in [7, 11) is 0. The van der Waals surface area contributed by atoms with E-state index in [2.05, 4.69) is 55.5 Å². The van der Waals surface area contributed by atoms with E-state index in [9.17, 15) is 9.59 Å². The Kier molecular flexibility index (Phi) is 3.62. The first-order valence-electron chi connectivity index (χ1n) is 10.8.